The molecule has 2 aromatic carbocycles. The van der Waals surface area contributed by atoms with E-state index < -0.39 is 5.60 Å². The summed E-state index contributed by atoms with van der Waals surface area (Å²) >= 11 is 6.15. The maximum atomic E-state index is 13.3. The van der Waals surface area contributed by atoms with Gasteiger partial charge >= 0.3 is 0 Å². The summed E-state index contributed by atoms with van der Waals surface area (Å²) in [4.78, 5) is 27.7. The van der Waals surface area contributed by atoms with Crippen LogP contribution >= 0.6 is 11.6 Å². The van der Waals surface area contributed by atoms with Gasteiger partial charge in [0.1, 0.15) is 11.4 Å². The number of amides is 1. The minimum atomic E-state index is -0.531. The van der Waals surface area contributed by atoms with Crippen LogP contribution in [0.2, 0.25) is 5.02 Å². The molecule has 0 unspecified atom stereocenters. The zero-order valence-electron chi connectivity index (χ0n) is 17.4. The van der Waals surface area contributed by atoms with Crippen LogP contribution in [0.25, 0.3) is 11.3 Å². The minimum absolute atomic E-state index is 0.0000856. The van der Waals surface area contributed by atoms with Crippen molar-refractivity contribution in [2.24, 2.45) is 0 Å². The van der Waals surface area contributed by atoms with Crippen molar-refractivity contribution in [1.29, 1.82) is 0 Å². The van der Waals surface area contributed by atoms with Crippen LogP contribution in [0, 0.1) is 0 Å². The first-order chi connectivity index (χ1) is 14.8. The van der Waals surface area contributed by atoms with Gasteiger partial charge in [0.05, 0.1) is 17.7 Å². The van der Waals surface area contributed by atoms with Crippen molar-refractivity contribution in [2.75, 3.05) is 6.54 Å². The highest BCUT2D eigenvalue weighted by molar-refractivity contribution is 6.30. The van der Waals surface area contributed by atoms with Gasteiger partial charge in [-0.15, -0.1) is 0 Å². The second-order valence-corrected chi connectivity index (χ2v) is 9.13. The van der Waals surface area contributed by atoms with Gasteiger partial charge in [-0.05, 0) is 44.2 Å². The molecule has 0 spiro atoms. The van der Waals surface area contributed by atoms with Crippen LogP contribution in [-0.4, -0.2) is 38.9 Å². The highest BCUT2D eigenvalue weighted by Crippen LogP contribution is 2.34. The number of aromatic amines is 1. The van der Waals surface area contributed by atoms with E-state index in [9.17, 15) is 9.59 Å². The van der Waals surface area contributed by atoms with Gasteiger partial charge in [-0.25, -0.2) is 0 Å². The molecule has 0 bridgehead atoms. The number of carbonyl (C=O) groups excluding carboxylic acids is 2. The summed E-state index contributed by atoms with van der Waals surface area (Å²) < 4.78 is 5.91. The van der Waals surface area contributed by atoms with Crippen molar-refractivity contribution in [3.8, 4) is 17.0 Å². The molecule has 5 rings (SSSR count). The number of benzene rings is 2. The smallest absolute Gasteiger partial charge is 0.254 e. The number of halogens is 1. The Bertz CT molecular complexity index is 1210. The number of hydrogen-bond acceptors (Lipinski definition) is 4. The Hall–Kier alpha value is -3.12. The topological polar surface area (TPSA) is 75.3 Å². The van der Waals surface area contributed by atoms with E-state index in [4.69, 9.17) is 16.3 Å². The molecule has 0 aliphatic carbocycles. The molecule has 1 aromatic heterocycles. The highest BCUT2D eigenvalue weighted by Gasteiger charge is 2.33. The van der Waals surface area contributed by atoms with Crippen molar-refractivity contribution in [1.82, 2.24) is 15.1 Å². The Morgan fingerprint density at radius 2 is 2.06 bits per heavy atom. The van der Waals surface area contributed by atoms with Gasteiger partial charge in [-0.2, -0.15) is 5.10 Å². The van der Waals surface area contributed by atoms with Crippen LogP contribution in [0.5, 0.6) is 5.75 Å². The summed E-state index contributed by atoms with van der Waals surface area (Å²) in [7, 11) is 0. The number of H-pyrrole nitrogens is 1. The van der Waals surface area contributed by atoms with Crippen molar-refractivity contribution in [3.63, 3.8) is 0 Å². The second kappa shape index (κ2) is 7.24. The Labute approximate surface area is 185 Å². The maximum absolute atomic E-state index is 13.3. The molecule has 2 aliphatic rings. The van der Waals surface area contributed by atoms with Gasteiger partial charge in [0.15, 0.2) is 5.78 Å². The predicted molar refractivity (Wildman–Crippen MR) is 118 cm³/mol. The van der Waals surface area contributed by atoms with Gasteiger partial charge < -0.3 is 9.64 Å². The van der Waals surface area contributed by atoms with Crippen molar-refractivity contribution < 1.29 is 14.3 Å². The molecule has 1 amide bonds. The first-order valence-electron chi connectivity index (χ1n) is 10.3. The molecule has 0 saturated heterocycles. The molecular formula is C24H22ClN3O3. The third kappa shape index (κ3) is 3.61. The number of nitrogens with one attached hydrogen (secondary N) is 1. The fourth-order valence-electron chi connectivity index (χ4n) is 4.31. The summed E-state index contributed by atoms with van der Waals surface area (Å²) in [6.07, 6.45) is 0.985. The van der Waals surface area contributed by atoms with Gasteiger partial charge in [-0.1, -0.05) is 23.7 Å². The number of carbonyl (C=O) groups is 2. The van der Waals surface area contributed by atoms with E-state index in [0.29, 0.717) is 47.8 Å². The van der Waals surface area contributed by atoms with Crippen LogP contribution in [0.4, 0.5) is 0 Å². The lowest BCUT2D eigenvalue weighted by atomic mass is 9.92. The average Bonchev–Trinajstić information content (AvgIpc) is 3.15. The molecule has 6 nitrogen and oxygen atoms in total. The molecule has 1 N–H and O–H groups in total. The Morgan fingerprint density at radius 1 is 1.23 bits per heavy atom. The summed E-state index contributed by atoms with van der Waals surface area (Å²) in [5.74, 6) is 0.432. The largest absolute Gasteiger partial charge is 0.487 e. The van der Waals surface area contributed by atoms with Gasteiger partial charge in [0, 0.05) is 46.9 Å². The predicted octanol–water partition coefficient (Wildman–Crippen LogP) is 4.67. The molecule has 0 fully saturated rings. The minimum Gasteiger partial charge on any atom is -0.487 e. The SMILES string of the molecule is CC1(C)CC(=O)c2cc(C(=O)N3CCc4[nH]nc(-c5cccc(Cl)c5)c4C3)ccc2O1. The van der Waals surface area contributed by atoms with Crippen LogP contribution in [-0.2, 0) is 13.0 Å². The lowest BCUT2D eigenvalue weighted by Crippen LogP contribution is -2.37. The van der Waals surface area contributed by atoms with E-state index in [1.54, 1.807) is 23.1 Å². The standard InChI is InChI=1S/C24H22ClN3O3/c1-24(2)12-20(29)17-11-15(6-7-21(17)31-24)23(30)28-9-8-19-18(13-28)22(27-26-19)14-4-3-5-16(25)10-14/h3-7,10-11H,8-9,12-13H2,1-2H3,(H,26,27). The van der Waals surface area contributed by atoms with Crippen LogP contribution in [0.3, 0.4) is 0 Å². The summed E-state index contributed by atoms with van der Waals surface area (Å²) in [5.41, 5.74) is 4.20. The number of fused-ring (bicyclic) bond motifs is 2. The van der Waals surface area contributed by atoms with E-state index in [2.05, 4.69) is 10.2 Å². The van der Waals surface area contributed by atoms with Gasteiger partial charge in [0.2, 0.25) is 0 Å². The summed E-state index contributed by atoms with van der Waals surface area (Å²) in [6.45, 7) is 4.81. The molecule has 0 saturated carbocycles. The number of aromatic nitrogens is 2. The van der Waals surface area contributed by atoms with E-state index in [0.717, 1.165) is 22.5 Å². The normalized spacial score (nSPS) is 17.0. The molecule has 0 atom stereocenters. The second-order valence-electron chi connectivity index (χ2n) is 8.69. The number of hydrogen-bond donors (Lipinski definition) is 1. The van der Waals surface area contributed by atoms with E-state index in [-0.39, 0.29) is 11.7 Å². The molecule has 0 radical (unpaired) electrons. The number of nitrogens with zero attached hydrogens (tertiary/aromatic N) is 2. The Morgan fingerprint density at radius 3 is 2.87 bits per heavy atom. The third-order valence-electron chi connectivity index (χ3n) is 5.82. The zero-order valence-corrected chi connectivity index (χ0v) is 18.1. The lowest BCUT2D eigenvalue weighted by Gasteiger charge is -2.32. The van der Waals surface area contributed by atoms with E-state index >= 15 is 0 Å². The Kier molecular flexibility index (Phi) is 4.63. The summed E-state index contributed by atoms with van der Waals surface area (Å²) in [6, 6.07) is 12.7. The van der Waals surface area contributed by atoms with Crippen LogP contribution in [0.1, 0.15) is 52.2 Å². The van der Waals surface area contributed by atoms with Gasteiger partial charge in [0.25, 0.3) is 5.91 Å². The summed E-state index contributed by atoms with van der Waals surface area (Å²) in [5, 5.41) is 8.22. The van der Waals surface area contributed by atoms with Crippen LogP contribution in [0.15, 0.2) is 42.5 Å². The first-order valence-corrected chi connectivity index (χ1v) is 10.7. The maximum Gasteiger partial charge on any atom is 0.254 e. The molecule has 3 aromatic rings. The first kappa shape index (κ1) is 19.8. The van der Waals surface area contributed by atoms with Crippen molar-refractivity contribution in [2.45, 2.75) is 38.8 Å². The molecule has 7 heteroatoms. The fraction of sp³-hybridized carbons (Fsp3) is 0.292. The third-order valence-corrected chi connectivity index (χ3v) is 6.05. The number of ketones is 1. The molecule has 3 heterocycles. The number of ether oxygens (including phenoxy) is 1. The van der Waals surface area contributed by atoms with Crippen LogP contribution < -0.4 is 4.74 Å². The molecule has 158 valence electrons. The average molecular weight is 436 g/mol. The fourth-order valence-corrected chi connectivity index (χ4v) is 4.50. The number of Topliss-reactive ketones (excluding diaryl/α,β-unsaturated/α-hetero) is 1. The molecular weight excluding hydrogens is 414 g/mol. The van der Waals surface area contributed by atoms with E-state index in [1.807, 2.05) is 38.1 Å². The zero-order chi connectivity index (χ0) is 21.8. The lowest BCUT2D eigenvalue weighted by molar-refractivity contribution is 0.0619. The van der Waals surface area contributed by atoms with E-state index in [1.165, 1.54) is 0 Å². The van der Waals surface area contributed by atoms with Crippen molar-refractivity contribution >= 4 is 23.3 Å². The number of rotatable bonds is 2. The van der Waals surface area contributed by atoms with Gasteiger partial charge in [-0.3, -0.25) is 14.7 Å². The highest BCUT2D eigenvalue weighted by atomic mass is 35.5. The monoisotopic (exact) mass is 435 g/mol. The molecule has 2 aliphatic heterocycles. The quantitative estimate of drug-likeness (QED) is 0.634. The Balaban J connectivity index is 1.42. The molecule has 31 heavy (non-hydrogen) atoms. The van der Waals surface area contributed by atoms with Crippen molar-refractivity contribution in [3.05, 3.63) is 69.9 Å².